The SMILES string of the molecule is [CH2+]C(C)c1cc(Br)c2ccc3c(C(C)C)cc(Br)c4ccc1c2c43. The molecule has 0 bridgehead atoms. The molecule has 0 spiro atoms. The van der Waals surface area contributed by atoms with Gasteiger partial charge >= 0.3 is 0 Å². The highest BCUT2D eigenvalue weighted by Gasteiger charge is 2.20. The van der Waals surface area contributed by atoms with E-state index in [2.05, 4.69) is 96.0 Å². The minimum atomic E-state index is 0.249. The molecule has 4 aromatic rings. The molecule has 0 radical (unpaired) electrons. The van der Waals surface area contributed by atoms with Crippen molar-refractivity contribution in [2.45, 2.75) is 32.6 Å². The summed E-state index contributed by atoms with van der Waals surface area (Å²) in [6, 6.07) is 13.6. The van der Waals surface area contributed by atoms with Crippen LogP contribution in [-0.4, -0.2) is 0 Å². The predicted molar refractivity (Wildman–Crippen MR) is 113 cm³/mol. The Morgan fingerprint density at radius 2 is 1.12 bits per heavy atom. The van der Waals surface area contributed by atoms with Crippen molar-refractivity contribution in [1.29, 1.82) is 0 Å². The van der Waals surface area contributed by atoms with E-state index in [0.717, 1.165) is 4.47 Å². The van der Waals surface area contributed by atoms with E-state index in [-0.39, 0.29) is 5.92 Å². The molecule has 0 heterocycles. The Hall–Kier alpha value is -1.25. The summed E-state index contributed by atoms with van der Waals surface area (Å²) < 4.78 is 2.33. The van der Waals surface area contributed by atoms with Crippen LogP contribution in [-0.2, 0) is 0 Å². The first-order valence-electron chi connectivity index (χ1n) is 8.32. The van der Waals surface area contributed by atoms with Crippen molar-refractivity contribution < 1.29 is 0 Å². The van der Waals surface area contributed by atoms with Gasteiger partial charge in [-0.15, -0.1) is 0 Å². The summed E-state index contributed by atoms with van der Waals surface area (Å²) in [7, 11) is 0. The van der Waals surface area contributed by atoms with Gasteiger partial charge in [-0.3, -0.25) is 0 Å². The van der Waals surface area contributed by atoms with Crippen LogP contribution in [0.3, 0.4) is 0 Å². The molecular weight excluding hydrogens is 424 g/mol. The molecule has 0 aliphatic rings. The summed E-state index contributed by atoms with van der Waals surface area (Å²) in [5.74, 6) is 0.736. The van der Waals surface area contributed by atoms with Crippen molar-refractivity contribution in [3.63, 3.8) is 0 Å². The van der Waals surface area contributed by atoms with E-state index >= 15 is 0 Å². The first-order valence-corrected chi connectivity index (χ1v) is 9.91. The molecule has 2 heteroatoms. The van der Waals surface area contributed by atoms with E-state index in [1.54, 1.807) is 0 Å². The summed E-state index contributed by atoms with van der Waals surface area (Å²) in [6.07, 6.45) is 0. The first kappa shape index (κ1) is 16.2. The highest BCUT2D eigenvalue weighted by molar-refractivity contribution is 9.11. The number of benzene rings is 4. The Labute approximate surface area is 159 Å². The lowest BCUT2D eigenvalue weighted by Gasteiger charge is -2.19. The van der Waals surface area contributed by atoms with Crippen LogP contribution in [0.25, 0.3) is 32.3 Å². The zero-order valence-corrected chi connectivity index (χ0v) is 17.3. The lowest BCUT2D eigenvalue weighted by Crippen LogP contribution is -1.96. The van der Waals surface area contributed by atoms with Gasteiger partial charge in [0.25, 0.3) is 0 Å². The Kier molecular flexibility index (Phi) is 3.81. The van der Waals surface area contributed by atoms with Gasteiger partial charge in [0.05, 0.1) is 6.92 Å². The standard InChI is InChI=1S/C22H19Br2/c1-11(2)17-9-19(23)15-8-6-14-18(12(3)4)10-20(24)16-7-5-13(17)21(15)22(14)16/h5-12H,1H2,2-4H3/q+1. The molecular formula is C22H19Br2+. The molecule has 0 saturated heterocycles. The van der Waals surface area contributed by atoms with Crippen LogP contribution < -0.4 is 0 Å². The third kappa shape index (κ3) is 2.19. The molecule has 0 N–H and O–H groups in total. The number of halogens is 2. The Bertz CT molecular complexity index is 986. The Balaban J connectivity index is 2.34. The second kappa shape index (κ2) is 5.64. The molecule has 24 heavy (non-hydrogen) atoms. The highest BCUT2D eigenvalue weighted by Crippen LogP contribution is 2.44. The van der Waals surface area contributed by atoms with E-state index < -0.39 is 0 Å². The van der Waals surface area contributed by atoms with Crippen molar-refractivity contribution in [2.24, 2.45) is 0 Å². The zero-order chi connectivity index (χ0) is 17.2. The van der Waals surface area contributed by atoms with Gasteiger partial charge in [-0.2, -0.15) is 0 Å². The van der Waals surface area contributed by atoms with Gasteiger partial charge in [0, 0.05) is 14.5 Å². The van der Waals surface area contributed by atoms with Gasteiger partial charge in [-0.25, -0.2) is 0 Å². The van der Waals surface area contributed by atoms with Crippen molar-refractivity contribution >= 4 is 64.2 Å². The number of hydrogen-bond donors (Lipinski definition) is 0. The Morgan fingerprint density at radius 1 is 0.708 bits per heavy atom. The third-order valence-corrected chi connectivity index (χ3v) is 6.33. The summed E-state index contributed by atoms with van der Waals surface area (Å²) in [4.78, 5) is 0. The first-order chi connectivity index (χ1) is 11.4. The number of hydrogen-bond acceptors (Lipinski definition) is 0. The average Bonchev–Trinajstić information content (AvgIpc) is 2.54. The molecule has 1 atom stereocenters. The molecule has 0 aliphatic carbocycles. The van der Waals surface area contributed by atoms with Gasteiger partial charge < -0.3 is 0 Å². The summed E-state index contributed by atoms with van der Waals surface area (Å²) in [5.41, 5.74) is 2.70. The molecule has 0 saturated carbocycles. The fraction of sp³-hybridized carbons (Fsp3) is 0.227. The molecule has 120 valence electrons. The smallest absolute Gasteiger partial charge is 0.0587 e. The van der Waals surface area contributed by atoms with Crippen LogP contribution in [0.2, 0.25) is 0 Å². The maximum absolute atomic E-state index is 4.27. The number of rotatable bonds is 2. The van der Waals surface area contributed by atoms with Crippen LogP contribution in [0.1, 0.15) is 43.7 Å². The lowest BCUT2D eigenvalue weighted by molar-refractivity contribution is 0.876. The second-order valence-corrected chi connectivity index (χ2v) is 8.73. The van der Waals surface area contributed by atoms with Crippen LogP contribution in [0.5, 0.6) is 0 Å². The van der Waals surface area contributed by atoms with Gasteiger partial charge in [0.1, 0.15) is 5.92 Å². The average molecular weight is 443 g/mol. The fourth-order valence-corrected chi connectivity index (χ4v) is 5.00. The van der Waals surface area contributed by atoms with Crippen LogP contribution in [0, 0.1) is 6.92 Å². The normalized spacial score (nSPS) is 13.6. The van der Waals surface area contributed by atoms with E-state index in [9.17, 15) is 0 Å². The lowest BCUT2D eigenvalue weighted by atomic mass is 9.86. The third-order valence-electron chi connectivity index (χ3n) is 5.01. The fourth-order valence-electron chi connectivity index (χ4n) is 3.84. The van der Waals surface area contributed by atoms with Crippen molar-refractivity contribution in [1.82, 2.24) is 0 Å². The largest absolute Gasteiger partial charge is 0.118 e. The van der Waals surface area contributed by atoms with Gasteiger partial charge in [-0.05, 0) is 62.9 Å². The van der Waals surface area contributed by atoms with Crippen LogP contribution in [0.4, 0.5) is 0 Å². The molecule has 4 aromatic carbocycles. The van der Waals surface area contributed by atoms with Gasteiger partial charge in [-0.1, -0.05) is 70.0 Å². The van der Waals surface area contributed by atoms with Crippen molar-refractivity contribution in [3.8, 4) is 0 Å². The quantitative estimate of drug-likeness (QED) is 0.217. The predicted octanol–water partition coefficient (Wildman–Crippen LogP) is 8.17. The molecule has 0 aliphatic heterocycles. The van der Waals surface area contributed by atoms with Crippen LogP contribution in [0.15, 0.2) is 45.3 Å². The molecule has 1 unspecified atom stereocenters. The van der Waals surface area contributed by atoms with E-state index in [4.69, 9.17) is 0 Å². The maximum atomic E-state index is 4.27. The molecule has 0 nitrogen and oxygen atoms in total. The van der Waals surface area contributed by atoms with E-state index in [1.165, 1.54) is 47.9 Å². The zero-order valence-electron chi connectivity index (χ0n) is 14.1. The summed E-state index contributed by atoms with van der Waals surface area (Å²) in [5, 5.41) is 7.97. The summed E-state index contributed by atoms with van der Waals surface area (Å²) in [6.45, 7) is 10.9. The molecule has 0 fully saturated rings. The van der Waals surface area contributed by atoms with Crippen LogP contribution >= 0.6 is 31.9 Å². The van der Waals surface area contributed by atoms with Gasteiger partial charge in [0.15, 0.2) is 0 Å². The molecule has 0 aromatic heterocycles. The molecule has 4 rings (SSSR count). The summed E-state index contributed by atoms with van der Waals surface area (Å²) >= 11 is 7.59. The highest BCUT2D eigenvalue weighted by atomic mass is 79.9. The maximum Gasteiger partial charge on any atom is 0.118 e. The van der Waals surface area contributed by atoms with E-state index in [1.807, 2.05) is 0 Å². The minimum Gasteiger partial charge on any atom is -0.0587 e. The minimum absolute atomic E-state index is 0.249. The monoisotopic (exact) mass is 441 g/mol. The van der Waals surface area contributed by atoms with Crippen molar-refractivity contribution in [2.75, 3.05) is 0 Å². The molecule has 0 amide bonds. The van der Waals surface area contributed by atoms with Crippen molar-refractivity contribution in [3.05, 3.63) is 63.4 Å². The van der Waals surface area contributed by atoms with Gasteiger partial charge in [0.2, 0.25) is 0 Å². The van der Waals surface area contributed by atoms with E-state index in [0.29, 0.717) is 5.92 Å². The second-order valence-electron chi connectivity index (χ2n) is 7.02. The topological polar surface area (TPSA) is 0 Å². The Morgan fingerprint density at radius 3 is 1.58 bits per heavy atom.